The SMILES string of the molecule is CCCOC(COC(=O)CCCCC(=O)O)OCCC. The van der Waals surface area contributed by atoms with Crippen LogP contribution in [0.1, 0.15) is 52.4 Å². The summed E-state index contributed by atoms with van der Waals surface area (Å²) in [6.07, 6.45) is 2.52. The van der Waals surface area contributed by atoms with E-state index in [9.17, 15) is 9.59 Å². The molecule has 118 valence electrons. The molecule has 0 aromatic heterocycles. The van der Waals surface area contributed by atoms with Crippen LogP contribution in [0.25, 0.3) is 0 Å². The van der Waals surface area contributed by atoms with Crippen LogP contribution in [0.5, 0.6) is 0 Å². The number of carbonyl (C=O) groups is 2. The minimum atomic E-state index is -0.848. The number of hydrogen-bond donors (Lipinski definition) is 1. The Labute approximate surface area is 120 Å². The highest BCUT2D eigenvalue weighted by Gasteiger charge is 2.12. The first kappa shape index (κ1) is 18.9. The van der Waals surface area contributed by atoms with Crippen LogP contribution < -0.4 is 0 Å². The van der Waals surface area contributed by atoms with E-state index in [-0.39, 0.29) is 25.4 Å². The number of rotatable bonds is 13. The second-order valence-electron chi connectivity index (χ2n) is 4.45. The van der Waals surface area contributed by atoms with E-state index in [0.29, 0.717) is 26.1 Å². The van der Waals surface area contributed by atoms with Gasteiger partial charge in [-0.1, -0.05) is 13.8 Å². The number of carboxylic acids is 1. The average Bonchev–Trinajstić information content (AvgIpc) is 2.42. The molecule has 0 atom stereocenters. The summed E-state index contributed by atoms with van der Waals surface area (Å²) < 4.78 is 15.9. The van der Waals surface area contributed by atoms with E-state index in [4.69, 9.17) is 19.3 Å². The molecule has 0 fully saturated rings. The largest absolute Gasteiger partial charge is 0.481 e. The molecule has 20 heavy (non-hydrogen) atoms. The zero-order chi connectivity index (χ0) is 15.2. The molecule has 6 heteroatoms. The quantitative estimate of drug-likeness (QED) is 0.318. The Kier molecular flexibility index (Phi) is 12.1. The van der Waals surface area contributed by atoms with Gasteiger partial charge in [0, 0.05) is 26.1 Å². The van der Waals surface area contributed by atoms with Crippen molar-refractivity contribution in [3.05, 3.63) is 0 Å². The summed E-state index contributed by atoms with van der Waals surface area (Å²) in [6.45, 7) is 5.18. The molecule has 0 unspecified atom stereocenters. The Morgan fingerprint density at radius 2 is 1.55 bits per heavy atom. The van der Waals surface area contributed by atoms with Crippen LogP contribution in [0, 0.1) is 0 Å². The summed E-state index contributed by atoms with van der Waals surface area (Å²) in [5.41, 5.74) is 0. The van der Waals surface area contributed by atoms with Gasteiger partial charge in [-0.15, -0.1) is 0 Å². The standard InChI is InChI=1S/C14H26O6/c1-3-9-18-14(19-10-4-2)11-20-13(17)8-6-5-7-12(15)16/h14H,3-11H2,1-2H3,(H,15,16). The third-order valence-corrected chi connectivity index (χ3v) is 2.42. The molecule has 0 aliphatic carbocycles. The maximum absolute atomic E-state index is 11.5. The highest BCUT2D eigenvalue weighted by atomic mass is 16.7. The van der Waals surface area contributed by atoms with Gasteiger partial charge in [-0.3, -0.25) is 9.59 Å². The lowest BCUT2D eigenvalue weighted by Gasteiger charge is -2.18. The molecule has 0 aromatic carbocycles. The molecule has 0 heterocycles. The lowest BCUT2D eigenvalue weighted by molar-refractivity contribution is -0.182. The number of ether oxygens (including phenoxy) is 3. The molecular formula is C14H26O6. The van der Waals surface area contributed by atoms with Crippen molar-refractivity contribution < 1.29 is 28.9 Å². The highest BCUT2D eigenvalue weighted by Crippen LogP contribution is 2.04. The molecule has 0 amide bonds. The summed E-state index contributed by atoms with van der Waals surface area (Å²) in [5, 5.41) is 8.47. The van der Waals surface area contributed by atoms with Gasteiger partial charge in [-0.2, -0.15) is 0 Å². The number of unbranched alkanes of at least 4 members (excludes halogenated alkanes) is 1. The fourth-order valence-corrected chi connectivity index (χ4v) is 1.42. The van der Waals surface area contributed by atoms with E-state index in [1.54, 1.807) is 0 Å². The summed E-state index contributed by atoms with van der Waals surface area (Å²) in [6, 6.07) is 0. The topological polar surface area (TPSA) is 82.1 Å². The molecule has 0 saturated heterocycles. The van der Waals surface area contributed by atoms with Gasteiger partial charge < -0.3 is 19.3 Å². The molecule has 0 aromatic rings. The molecule has 1 N–H and O–H groups in total. The fourth-order valence-electron chi connectivity index (χ4n) is 1.42. The number of carboxylic acid groups (broad SMARTS) is 1. The Morgan fingerprint density at radius 3 is 2.05 bits per heavy atom. The second-order valence-corrected chi connectivity index (χ2v) is 4.45. The zero-order valence-electron chi connectivity index (χ0n) is 12.4. The van der Waals surface area contributed by atoms with Crippen LogP contribution >= 0.6 is 0 Å². The minimum absolute atomic E-state index is 0.0785. The number of aliphatic carboxylic acids is 1. The fraction of sp³-hybridized carbons (Fsp3) is 0.857. The van der Waals surface area contributed by atoms with Crippen molar-refractivity contribution in [3.8, 4) is 0 Å². The van der Waals surface area contributed by atoms with Crippen molar-refractivity contribution in [2.24, 2.45) is 0 Å². The maximum atomic E-state index is 11.5. The summed E-state index contributed by atoms with van der Waals surface area (Å²) >= 11 is 0. The van der Waals surface area contributed by atoms with Crippen LogP contribution in [-0.4, -0.2) is 43.2 Å². The molecule has 0 bridgehead atoms. The highest BCUT2D eigenvalue weighted by molar-refractivity contribution is 5.69. The van der Waals surface area contributed by atoms with Crippen molar-refractivity contribution in [2.75, 3.05) is 19.8 Å². The van der Waals surface area contributed by atoms with Crippen LogP contribution in [0.2, 0.25) is 0 Å². The number of carbonyl (C=O) groups excluding carboxylic acids is 1. The van der Waals surface area contributed by atoms with Crippen molar-refractivity contribution in [1.29, 1.82) is 0 Å². The van der Waals surface area contributed by atoms with E-state index in [0.717, 1.165) is 12.8 Å². The average molecular weight is 290 g/mol. The monoisotopic (exact) mass is 290 g/mol. The van der Waals surface area contributed by atoms with Gasteiger partial charge in [0.25, 0.3) is 0 Å². The van der Waals surface area contributed by atoms with Crippen LogP contribution in [0.3, 0.4) is 0 Å². The zero-order valence-corrected chi connectivity index (χ0v) is 12.4. The first-order valence-corrected chi connectivity index (χ1v) is 7.20. The van der Waals surface area contributed by atoms with Crippen molar-refractivity contribution in [3.63, 3.8) is 0 Å². The summed E-state index contributed by atoms with van der Waals surface area (Å²) in [4.78, 5) is 21.8. The van der Waals surface area contributed by atoms with Gasteiger partial charge in [0.15, 0.2) is 6.29 Å². The summed E-state index contributed by atoms with van der Waals surface area (Å²) in [7, 11) is 0. The normalized spacial score (nSPS) is 10.8. The van der Waals surface area contributed by atoms with Crippen molar-refractivity contribution in [2.45, 2.75) is 58.7 Å². The van der Waals surface area contributed by atoms with Crippen LogP contribution in [0.4, 0.5) is 0 Å². The van der Waals surface area contributed by atoms with Crippen LogP contribution in [0.15, 0.2) is 0 Å². The Hall–Kier alpha value is -1.14. The molecule has 0 aliphatic heterocycles. The summed E-state index contributed by atoms with van der Waals surface area (Å²) in [5.74, 6) is -1.19. The van der Waals surface area contributed by atoms with E-state index >= 15 is 0 Å². The Morgan fingerprint density at radius 1 is 1.00 bits per heavy atom. The first-order chi connectivity index (χ1) is 9.60. The molecular weight excluding hydrogens is 264 g/mol. The Balaban J connectivity index is 3.76. The molecule has 0 aliphatic rings. The van der Waals surface area contributed by atoms with Gasteiger partial charge in [0.1, 0.15) is 6.61 Å². The molecule has 6 nitrogen and oxygen atoms in total. The maximum Gasteiger partial charge on any atom is 0.305 e. The van der Waals surface area contributed by atoms with Gasteiger partial charge in [-0.05, 0) is 25.7 Å². The van der Waals surface area contributed by atoms with Crippen molar-refractivity contribution >= 4 is 11.9 Å². The lowest BCUT2D eigenvalue weighted by atomic mass is 10.2. The molecule has 0 spiro atoms. The Bertz CT molecular complexity index is 258. The first-order valence-electron chi connectivity index (χ1n) is 7.20. The third-order valence-electron chi connectivity index (χ3n) is 2.42. The predicted octanol–water partition coefficient (Wildman–Crippen LogP) is 2.35. The van der Waals surface area contributed by atoms with E-state index in [1.807, 2.05) is 13.8 Å². The third kappa shape index (κ3) is 11.9. The lowest BCUT2D eigenvalue weighted by Crippen LogP contribution is -2.26. The smallest absolute Gasteiger partial charge is 0.305 e. The number of esters is 1. The molecule has 0 rings (SSSR count). The van der Waals surface area contributed by atoms with Crippen molar-refractivity contribution in [1.82, 2.24) is 0 Å². The van der Waals surface area contributed by atoms with Gasteiger partial charge in [0.05, 0.1) is 0 Å². The number of hydrogen-bond acceptors (Lipinski definition) is 5. The molecule has 0 saturated carbocycles. The van der Waals surface area contributed by atoms with Gasteiger partial charge >= 0.3 is 11.9 Å². The van der Waals surface area contributed by atoms with Crippen LogP contribution in [-0.2, 0) is 23.8 Å². The second kappa shape index (κ2) is 12.9. The van der Waals surface area contributed by atoms with Gasteiger partial charge in [-0.25, -0.2) is 0 Å². The predicted molar refractivity (Wildman–Crippen MR) is 73.3 cm³/mol. The van der Waals surface area contributed by atoms with E-state index in [2.05, 4.69) is 0 Å². The van der Waals surface area contributed by atoms with Gasteiger partial charge in [0.2, 0.25) is 0 Å². The van der Waals surface area contributed by atoms with E-state index in [1.165, 1.54) is 0 Å². The van der Waals surface area contributed by atoms with E-state index < -0.39 is 12.3 Å². The molecule has 0 radical (unpaired) electrons. The minimum Gasteiger partial charge on any atom is -0.481 e.